The minimum absolute atomic E-state index is 0.317. The van der Waals surface area contributed by atoms with E-state index in [-0.39, 0.29) is 0 Å². The van der Waals surface area contributed by atoms with Crippen molar-refractivity contribution >= 4 is 10.8 Å². The summed E-state index contributed by atoms with van der Waals surface area (Å²) in [6.07, 6.45) is 1.09. The molecule has 1 saturated heterocycles. The molecule has 0 aliphatic carbocycles. The lowest BCUT2D eigenvalue weighted by molar-refractivity contribution is 0.432. The van der Waals surface area contributed by atoms with Crippen molar-refractivity contribution in [2.45, 2.75) is 44.5 Å². The molecule has 66 valence electrons. The number of rotatable bonds is 1. The highest BCUT2D eigenvalue weighted by Crippen LogP contribution is 2.12. The summed E-state index contributed by atoms with van der Waals surface area (Å²) in [6.45, 7) is 6.31. The van der Waals surface area contributed by atoms with Gasteiger partial charge in [0.2, 0.25) is 0 Å². The molecule has 1 N–H and O–H groups in total. The van der Waals surface area contributed by atoms with Crippen molar-refractivity contribution < 1.29 is 4.21 Å². The summed E-state index contributed by atoms with van der Waals surface area (Å²) in [5, 5.41) is 3.77. The molecule has 3 heteroatoms. The average Bonchev–Trinajstić information content (AvgIpc) is 1.99. The van der Waals surface area contributed by atoms with Crippen LogP contribution in [-0.2, 0) is 10.8 Å². The summed E-state index contributed by atoms with van der Waals surface area (Å²) in [6, 6.07) is 0.886. The van der Waals surface area contributed by atoms with E-state index in [0.29, 0.717) is 17.3 Å². The molecule has 1 fully saturated rings. The molecule has 4 unspecified atom stereocenters. The Morgan fingerprint density at radius 3 is 2.64 bits per heavy atom. The Bertz CT molecular complexity index is 160. The molecule has 0 amide bonds. The van der Waals surface area contributed by atoms with E-state index in [1.807, 2.05) is 0 Å². The first-order valence-electron chi connectivity index (χ1n) is 4.28. The van der Waals surface area contributed by atoms with Gasteiger partial charge in [0.25, 0.3) is 0 Å². The molecule has 1 aliphatic heterocycles. The van der Waals surface area contributed by atoms with Crippen molar-refractivity contribution in [1.82, 2.24) is 5.32 Å². The minimum Gasteiger partial charge on any atom is -0.309 e. The summed E-state index contributed by atoms with van der Waals surface area (Å²) in [5.41, 5.74) is 0. The van der Waals surface area contributed by atoms with Crippen LogP contribution in [0.3, 0.4) is 0 Å². The fourth-order valence-electron chi connectivity index (χ4n) is 1.37. The largest absolute Gasteiger partial charge is 0.309 e. The van der Waals surface area contributed by atoms with Gasteiger partial charge in [-0.05, 0) is 20.3 Å². The van der Waals surface area contributed by atoms with Crippen LogP contribution in [0.5, 0.6) is 0 Å². The Morgan fingerprint density at radius 2 is 2.18 bits per heavy atom. The highest BCUT2D eigenvalue weighted by molar-refractivity contribution is 7.85. The van der Waals surface area contributed by atoms with Crippen molar-refractivity contribution in [3.63, 3.8) is 0 Å². The highest BCUT2D eigenvalue weighted by atomic mass is 32.2. The van der Waals surface area contributed by atoms with Gasteiger partial charge in [-0.2, -0.15) is 0 Å². The monoisotopic (exact) mass is 175 g/mol. The Kier molecular flexibility index (Phi) is 3.07. The maximum absolute atomic E-state index is 11.4. The van der Waals surface area contributed by atoms with Gasteiger partial charge in [-0.25, -0.2) is 0 Å². The summed E-state index contributed by atoms with van der Waals surface area (Å²) in [4.78, 5) is 0. The van der Waals surface area contributed by atoms with Gasteiger partial charge in [0, 0.05) is 33.9 Å². The van der Waals surface area contributed by atoms with Crippen LogP contribution in [0.25, 0.3) is 0 Å². The van der Waals surface area contributed by atoms with Gasteiger partial charge in [0.05, 0.1) is 0 Å². The summed E-state index contributed by atoms with van der Waals surface area (Å²) in [7, 11) is -0.608. The molecular formula is C8H17NOS. The number of nitrogens with one attached hydrogen (secondary N) is 1. The molecule has 4 atom stereocenters. The molecule has 1 rings (SSSR count). The Morgan fingerprint density at radius 1 is 1.55 bits per heavy atom. The fraction of sp³-hybridized carbons (Fsp3) is 1.00. The topological polar surface area (TPSA) is 29.1 Å². The molecule has 0 aromatic carbocycles. The van der Waals surface area contributed by atoms with Crippen molar-refractivity contribution in [3.05, 3.63) is 0 Å². The van der Waals surface area contributed by atoms with E-state index < -0.39 is 10.8 Å². The summed E-state index contributed by atoms with van der Waals surface area (Å²) in [5.74, 6) is 0.835. The van der Waals surface area contributed by atoms with Crippen molar-refractivity contribution in [2.24, 2.45) is 0 Å². The van der Waals surface area contributed by atoms with Crippen LogP contribution in [0.4, 0.5) is 0 Å². The molecule has 0 saturated carbocycles. The van der Waals surface area contributed by atoms with E-state index in [1.165, 1.54) is 0 Å². The summed E-state index contributed by atoms with van der Waals surface area (Å²) >= 11 is 0. The van der Waals surface area contributed by atoms with Gasteiger partial charge in [-0.3, -0.25) is 4.21 Å². The predicted octanol–water partition coefficient (Wildman–Crippen LogP) is 0.894. The van der Waals surface area contributed by atoms with Gasteiger partial charge in [-0.1, -0.05) is 6.92 Å². The smallest absolute Gasteiger partial charge is 0.0471 e. The van der Waals surface area contributed by atoms with Crippen molar-refractivity contribution in [2.75, 3.05) is 5.75 Å². The lowest BCUT2D eigenvalue weighted by Gasteiger charge is -2.32. The van der Waals surface area contributed by atoms with Gasteiger partial charge in [0.1, 0.15) is 0 Å². The van der Waals surface area contributed by atoms with Crippen LogP contribution >= 0.6 is 0 Å². The van der Waals surface area contributed by atoms with E-state index in [1.54, 1.807) is 0 Å². The second kappa shape index (κ2) is 3.68. The van der Waals surface area contributed by atoms with Gasteiger partial charge in [0.15, 0.2) is 0 Å². The highest BCUT2D eigenvalue weighted by Gasteiger charge is 2.28. The lowest BCUT2D eigenvalue weighted by Crippen LogP contribution is -2.52. The van der Waals surface area contributed by atoms with Gasteiger partial charge >= 0.3 is 0 Å². The first-order chi connectivity index (χ1) is 5.15. The van der Waals surface area contributed by atoms with Crippen LogP contribution < -0.4 is 5.32 Å². The van der Waals surface area contributed by atoms with E-state index in [4.69, 9.17) is 0 Å². The Balaban J connectivity index is 2.54. The third-order valence-corrected chi connectivity index (χ3v) is 4.44. The Labute approximate surface area is 71.2 Å². The van der Waals surface area contributed by atoms with Gasteiger partial charge < -0.3 is 5.32 Å². The molecule has 1 aliphatic rings. The standard InChI is InChI=1S/C8H17NOS/c1-4-8-5-11(10)7(3)6(2)9-8/h6-9H,4-5H2,1-3H3. The first-order valence-corrected chi connectivity index (χ1v) is 5.66. The summed E-state index contributed by atoms with van der Waals surface area (Å²) < 4.78 is 11.4. The molecule has 0 aromatic rings. The third-order valence-electron chi connectivity index (χ3n) is 2.48. The second-order valence-electron chi connectivity index (χ2n) is 3.31. The lowest BCUT2D eigenvalue weighted by atomic mass is 10.2. The van der Waals surface area contributed by atoms with E-state index in [2.05, 4.69) is 26.1 Å². The zero-order chi connectivity index (χ0) is 8.43. The SMILES string of the molecule is CCC1CS(=O)C(C)C(C)N1. The normalized spacial score (nSPS) is 45.7. The maximum Gasteiger partial charge on any atom is 0.0471 e. The molecule has 0 aromatic heterocycles. The van der Waals surface area contributed by atoms with Crippen LogP contribution in [0, 0.1) is 0 Å². The average molecular weight is 175 g/mol. The van der Waals surface area contributed by atoms with E-state index in [9.17, 15) is 4.21 Å². The molecular weight excluding hydrogens is 158 g/mol. The molecule has 0 bridgehead atoms. The molecule has 0 radical (unpaired) electrons. The third kappa shape index (κ3) is 2.03. The predicted molar refractivity (Wildman–Crippen MR) is 49.1 cm³/mol. The minimum atomic E-state index is -0.608. The van der Waals surface area contributed by atoms with Crippen molar-refractivity contribution in [1.29, 1.82) is 0 Å². The molecule has 1 heterocycles. The van der Waals surface area contributed by atoms with Crippen LogP contribution in [-0.4, -0.2) is 27.3 Å². The van der Waals surface area contributed by atoms with E-state index >= 15 is 0 Å². The van der Waals surface area contributed by atoms with Crippen LogP contribution in [0.15, 0.2) is 0 Å². The van der Waals surface area contributed by atoms with E-state index in [0.717, 1.165) is 12.2 Å². The van der Waals surface area contributed by atoms with Gasteiger partial charge in [-0.15, -0.1) is 0 Å². The maximum atomic E-state index is 11.4. The molecule has 0 spiro atoms. The zero-order valence-electron chi connectivity index (χ0n) is 7.46. The number of hydrogen-bond donors (Lipinski definition) is 1. The molecule has 11 heavy (non-hydrogen) atoms. The Hall–Kier alpha value is 0.110. The first kappa shape index (κ1) is 9.20. The fourth-order valence-corrected chi connectivity index (χ4v) is 2.93. The zero-order valence-corrected chi connectivity index (χ0v) is 8.28. The second-order valence-corrected chi connectivity index (χ2v) is 5.15. The molecule has 2 nitrogen and oxygen atoms in total. The van der Waals surface area contributed by atoms with Crippen molar-refractivity contribution in [3.8, 4) is 0 Å². The van der Waals surface area contributed by atoms with Crippen LogP contribution in [0.1, 0.15) is 27.2 Å². The number of hydrogen-bond acceptors (Lipinski definition) is 2. The van der Waals surface area contributed by atoms with Crippen LogP contribution in [0.2, 0.25) is 0 Å². The quantitative estimate of drug-likeness (QED) is 0.641.